The molecule has 2 aromatic carbocycles. The van der Waals surface area contributed by atoms with Crippen LogP contribution in [-0.2, 0) is 6.42 Å². The monoisotopic (exact) mass is 255 g/mol. The van der Waals surface area contributed by atoms with E-state index in [9.17, 15) is 0 Å². The van der Waals surface area contributed by atoms with Gasteiger partial charge in [-0.05, 0) is 23.3 Å². The van der Waals surface area contributed by atoms with Crippen LogP contribution < -0.4 is 4.90 Å². The van der Waals surface area contributed by atoms with Gasteiger partial charge in [-0.3, -0.25) is 0 Å². The maximum absolute atomic E-state index is 2.27. The van der Waals surface area contributed by atoms with Crippen LogP contribution in [0.2, 0.25) is 0 Å². The zero-order valence-electron chi connectivity index (χ0n) is 12.8. The SMILES string of the molecule is CC.CC.CN1c2ccccc2Cc2ccccc21. The highest BCUT2D eigenvalue weighted by molar-refractivity contribution is 5.73. The maximum atomic E-state index is 2.27. The fourth-order valence-electron chi connectivity index (χ4n) is 2.31. The molecule has 0 saturated carbocycles. The summed E-state index contributed by atoms with van der Waals surface area (Å²) < 4.78 is 0. The van der Waals surface area contributed by atoms with E-state index in [2.05, 4.69) is 60.5 Å². The lowest BCUT2D eigenvalue weighted by Gasteiger charge is -2.29. The fraction of sp³-hybridized carbons (Fsp3) is 0.333. The smallest absolute Gasteiger partial charge is 0.0444 e. The first kappa shape index (κ1) is 15.3. The number of hydrogen-bond donors (Lipinski definition) is 0. The Kier molecular flexibility index (Phi) is 6.14. The van der Waals surface area contributed by atoms with Crippen LogP contribution in [0, 0.1) is 0 Å². The molecule has 0 bridgehead atoms. The van der Waals surface area contributed by atoms with Crippen LogP contribution in [0.5, 0.6) is 0 Å². The summed E-state index contributed by atoms with van der Waals surface area (Å²) in [5.41, 5.74) is 5.49. The van der Waals surface area contributed by atoms with E-state index in [1.54, 1.807) is 0 Å². The Balaban J connectivity index is 0.000000415. The highest BCUT2D eigenvalue weighted by Gasteiger charge is 2.17. The number of benzene rings is 2. The molecule has 2 aromatic rings. The maximum Gasteiger partial charge on any atom is 0.0444 e. The summed E-state index contributed by atoms with van der Waals surface area (Å²) in [6, 6.07) is 17.2. The van der Waals surface area contributed by atoms with E-state index < -0.39 is 0 Å². The van der Waals surface area contributed by atoms with Gasteiger partial charge in [0.1, 0.15) is 0 Å². The minimum Gasteiger partial charge on any atom is -0.344 e. The molecule has 3 rings (SSSR count). The average Bonchev–Trinajstić information content (AvgIpc) is 2.52. The third kappa shape index (κ3) is 3.17. The summed E-state index contributed by atoms with van der Waals surface area (Å²) in [7, 11) is 2.14. The first-order valence-corrected chi connectivity index (χ1v) is 7.26. The number of anilines is 2. The molecule has 0 spiro atoms. The van der Waals surface area contributed by atoms with Crippen molar-refractivity contribution in [2.24, 2.45) is 0 Å². The molecule has 1 heterocycles. The second-order valence-electron chi connectivity index (χ2n) is 3.99. The zero-order chi connectivity index (χ0) is 14.3. The summed E-state index contributed by atoms with van der Waals surface area (Å²) in [5, 5.41) is 0. The molecule has 19 heavy (non-hydrogen) atoms. The summed E-state index contributed by atoms with van der Waals surface area (Å²) in [6.07, 6.45) is 1.05. The van der Waals surface area contributed by atoms with Crippen molar-refractivity contribution >= 4 is 11.4 Å². The molecule has 0 N–H and O–H groups in total. The van der Waals surface area contributed by atoms with Crippen LogP contribution in [0.3, 0.4) is 0 Å². The molecule has 1 heteroatoms. The first-order chi connectivity index (χ1) is 9.36. The van der Waals surface area contributed by atoms with E-state index in [-0.39, 0.29) is 0 Å². The molecule has 0 aromatic heterocycles. The fourth-order valence-corrected chi connectivity index (χ4v) is 2.31. The minimum absolute atomic E-state index is 1.05. The van der Waals surface area contributed by atoms with Gasteiger partial charge in [-0.2, -0.15) is 0 Å². The Labute approximate surface area is 117 Å². The van der Waals surface area contributed by atoms with Crippen LogP contribution in [0.15, 0.2) is 48.5 Å². The van der Waals surface area contributed by atoms with Gasteiger partial charge in [-0.15, -0.1) is 0 Å². The molecule has 1 nitrogen and oxygen atoms in total. The van der Waals surface area contributed by atoms with E-state index >= 15 is 0 Å². The van der Waals surface area contributed by atoms with Crippen LogP contribution >= 0.6 is 0 Å². The summed E-state index contributed by atoms with van der Waals surface area (Å²) in [4.78, 5) is 2.27. The second-order valence-corrected chi connectivity index (χ2v) is 3.99. The molecule has 1 aliphatic heterocycles. The Hall–Kier alpha value is -1.76. The van der Waals surface area contributed by atoms with Crippen molar-refractivity contribution in [2.75, 3.05) is 11.9 Å². The molecule has 1 aliphatic rings. The van der Waals surface area contributed by atoms with E-state index in [0.29, 0.717) is 0 Å². The molecule has 0 aliphatic carbocycles. The van der Waals surface area contributed by atoms with Gasteiger partial charge in [-0.25, -0.2) is 0 Å². The third-order valence-electron chi connectivity index (χ3n) is 3.09. The number of rotatable bonds is 0. The van der Waals surface area contributed by atoms with Crippen LogP contribution in [-0.4, -0.2) is 7.05 Å². The molecular formula is C18H25N. The Morgan fingerprint density at radius 2 is 1.05 bits per heavy atom. The quantitative estimate of drug-likeness (QED) is 0.608. The molecule has 0 atom stereocenters. The molecule has 0 fully saturated rings. The van der Waals surface area contributed by atoms with E-state index in [0.717, 1.165) is 6.42 Å². The summed E-state index contributed by atoms with van der Waals surface area (Å²) >= 11 is 0. The molecule has 0 radical (unpaired) electrons. The Morgan fingerprint density at radius 1 is 0.684 bits per heavy atom. The number of hydrogen-bond acceptors (Lipinski definition) is 1. The van der Waals surface area contributed by atoms with Gasteiger partial charge in [0.25, 0.3) is 0 Å². The predicted octanol–water partition coefficient (Wildman–Crippen LogP) is 5.41. The van der Waals surface area contributed by atoms with Crippen molar-refractivity contribution in [1.82, 2.24) is 0 Å². The molecule has 0 amide bonds. The number of nitrogens with zero attached hydrogens (tertiary/aromatic N) is 1. The highest BCUT2D eigenvalue weighted by atomic mass is 15.1. The van der Waals surface area contributed by atoms with E-state index in [1.165, 1.54) is 22.5 Å². The van der Waals surface area contributed by atoms with Crippen molar-refractivity contribution < 1.29 is 0 Å². The predicted molar refractivity (Wildman–Crippen MR) is 86.4 cm³/mol. The van der Waals surface area contributed by atoms with Gasteiger partial charge < -0.3 is 4.90 Å². The standard InChI is InChI=1S/C14H13N.2C2H6/c1-15-13-8-4-2-6-11(13)10-12-7-3-5-9-14(12)15;2*1-2/h2-9H,10H2,1H3;2*1-2H3. The van der Waals surface area contributed by atoms with Crippen LogP contribution in [0.1, 0.15) is 38.8 Å². The normalized spacial score (nSPS) is 11.1. The van der Waals surface area contributed by atoms with Gasteiger partial charge in [0, 0.05) is 24.8 Å². The first-order valence-electron chi connectivity index (χ1n) is 7.26. The Bertz CT molecular complexity index is 457. The van der Waals surface area contributed by atoms with Gasteiger partial charge >= 0.3 is 0 Å². The van der Waals surface area contributed by atoms with Crippen LogP contribution in [0.25, 0.3) is 0 Å². The van der Waals surface area contributed by atoms with Crippen molar-refractivity contribution in [3.63, 3.8) is 0 Å². The topological polar surface area (TPSA) is 3.24 Å². The molecule has 0 unspecified atom stereocenters. The summed E-state index contributed by atoms with van der Waals surface area (Å²) in [6.45, 7) is 8.00. The van der Waals surface area contributed by atoms with Gasteiger partial charge in [0.05, 0.1) is 0 Å². The van der Waals surface area contributed by atoms with Crippen molar-refractivity contribution in [3.05, 3.63) is 59.7 Å². The van der Waals surface area contributed by atoms with Gasteiger partial charge in [-0.1, -0.05) is 64.1 Å². The molecule has 0 saturated heterocycles. The third-order valence-corrected chi connectivity index (χ3v) is 3.09. The minimum atomic E-state index is 1.05. The second kappa shape index (κ2) is 7.63. The largest absolute Gasteiger partial charge is 0.344 e. The lowest BCUT2D eigenvalue weighted by molar-refractivity contribution is 1.06. The van der Waals surface area contributed by atoms with Gasteiger partial charge in [0.2, 0.25) is 0 Å². The van der Waals surface area contributed by atoms with Gasteiger partial charge in [0.15, 0.2) is 0 Å². The lowest BCUT2D eigenvalue weighted by atomic mass is 9.96. The Morgan fingerprint density at radius 3 is 1.47 bits per heavy atom. The van der Waals surface area contributed by atoms with Crippen LogP contribution in [0.4, 0.5) is 11.4 Å². The average molecular weight is 255 g/mol. The van der Waals surface area contributed by atoms with E-state index in [1.807, 2.05) is 27.7 Å². The molecule has 102 valence electrons. The number of fused-ring (bicyclic) bond motifs is 2. The highest BCUT2D eigenvalue weighted by Crippen LogP contribution is 2.36. The van der Waals surface area contributed by atoms with E-state index in [4.69, 9.17) is 0 Å². The lowest BCUT2D eigenvalue weighted by Crippen LogP contribution is -2.18. The van der Waals surface area contributed by atoms with Crippen molar-refractivity contribution in [2.45, 2.75) is 34.1 Å². The van der Waals surface area contributed by atoms with Crippen molar-refractivity contribution in [1.29, 1.82) is 0 Å². The summed E-state index contributed by atoms with van der Waals surface area (Å²) in [5.74, 6) is 0. The molecular weight excluding hydrogens is 230 g/mol. The number of para-hydroxylation sites is 2. The van der Waals surface area contributed by atoms with Crippen molar-refractivity contribution in [3.8, 4) is 0 Å². The zero-order valence-corrected chi connectivity index (χ0v) is 12.8.